The number of nitrogens with zero attached hydrogens (tertiary/aromatic N) is 1. The standard InChI is InChI=1S/C18H21N3/c1-4-14-5-7-15(8-6-14)12(2)19-16-9-10-17-18(11-16)21-13(3)20-17/h5-12,19H,4H2,1-3H3,(H,20,21). The predicted molar refractivity (Wildman–Crippen MR) is 88.7 cm³/mol. The quantitative estimate of drug-likeness (QED) is 0.732. The summed E-state index contributed by atoms with van der Waals surface area (Å²) in [6.07, 6.45) is 1.08. The summed E-state index contributed by atoms with van der Waals surface area (Å²) >= 11 is 0. The Balaban J connectivity index is 1.79. The van der Waals surface area contributed by atoms with Crippen LogP contribution in [0.1, 0.15) is 36.8 Å². The molecule has 0 aliphatic heterocycles. The Bertz CT molecular complexity index is 741. The molecule has 1 atom stereocenters. The lowest BCUT2D eigenvalue weighted by Crippen LogP contribution is -2.06. The molecule has 0 amide bonds. The minimum atomic E-state index is 0.275. The zero-order valence-corrected chi connectivity index (χ0v) is 12.8. The molecule has 3 heteroatoms. The number of rotatable bonds is 4. The van der Waals surface area contributed by atoms with Crippen LogP contribution in [0.15, 0.2) is 42.5 Å². The zero-order valence-electron chi connectivity index (χ0n) is 12.8. The molecular weight excluding hydrogens is 258 g/mol. The van der Waals surface area contributed by atoms with Crippen molar-refractivity contribution in [1.29, 1.82) is 0 Å². The van der Waals surface area contributed by atoms with Crippen LogP contribution in [0.3, 0.4) is 0 Å². The van der Waals surface area contributed by atoms with Gasteiger partial charge in [0.25, 0.3) is 0 Å². The third kappa shape index (κ3) is 2.92. The number of hydrogen-bond acceptors (Lipinski definition) is 2. The van der Waals surface area contributed by atoms with Crippen molar-refractivity contribution < 1.29 is 0 Å². The van der Waals surface area contributed by atoms with Crippen LogP contribution in [0.5, 0.6) is 0 Å². The molecule has 0 aliphatic rings. The van der Waals surface area contributed by atoms with E-state index in [1.165, 1.54) is 11.1 Å². The van der Waals surface area contributed by atoms with Gasteiger partial charge in [0.1, 0.15) is 5.82 Å². The predicted octanol–water partition coefficient (Wildman–Crippen LogP) is 4.61. The lowest BCUT2D eigenvalue weighted by Gasteiger charge is -2.16. The summed E-state index contributed by atoms with van der Waals surface area (Å²) in [5, 5.41) is 3.55. The number of nitrogens with one attached hydrogen (secondary N) is 2. The van der Waals surface area contributed by atoms with E-state index in [4.69, 9.17) is 0 Å². The molecule has 3 rings (SSSR count). The van der Waals surface area contributed by atoms with Gasteiger partial charge in [0.05, 0.1) is 11.0 Å². The van der Waals surface area contributed by atoms with Crippen molar-refractivity contribution in [2.75, 3.05) is 5.32 Å². The summed E-state index contributed by atoms with van der Waals surface area (Å²) in [5.74, 6) is 0.949. The fourth-order valence-corrected chi connectivity index (χ4v) is 2.60. The highest BCUT2D eigenvalue weighted by molar-refractivity contribution is 5.79. The van der Waals surface area contributed by atoms with E-state index in [-0.39, 0.29) is 6.04 Å². The highest BCUT2D eigenvalue weighted by atomic mass is 14.9. The maximum atomic E-state index is 4.43. The van der Waals surface area contributed by atoms with Crippen LogP contribution < -0.4 is 5.32 Å². The molecule has 1 unspecified atom stereocenters. The fourth-order valence-electron chi connectivity index (χ4n) is 2.60. The Morgan fingerprint density at radius 3 is 2.62 bits per heavy atom. The van der Waals surface area contributed by atoms with E-state index in [0.717, 1.165) is 29.0 Å². The van der Waals surface area contributed by atoms with Crippen molar-refractivity contribution in [2.45, 2.75) is 33.2 Å². The van der Waals surface area contributed by atoms with Crippen LogP contribution in [-0.4, -0.2) is 9.97 Å². The number of aryl methyl sites for hydroxylation is 2. The SMILES string of the molecule is CCc1ccc(C(C)Nc2ccc3nc(C)[nH]c3c2)cc1. The van der Waals surface area contributed by atoms with E-state index < -0.39 is 0 Å². The summed E-state index contributed by atoms with van der Waals surface area (Å²) in [4.78, 5) is 7.70. The minimum Gasteiger partial charge on any atom is -0.378 e. The van der Waals surface area contributed by atoms with Gasteiger partial charge in [-0.15, -0.1) is 0 Å². The highest BCUT2D eigenvalue weighted by Gasteiger charge is 2.07. The normalized spacial score (nSPS) is 12.5. The van der Waals surface area contributed by atoms with Gasteiger partial charge in [-0.25, -0.2) is 4.98 Å². The first kappa shape index (κ1) is 13.7. The third-order valence-corrected chi connectivity index (χ3v) is 3.87. The molecule has 0 bridgehead atoms. The summed E-state index contributed by atoms with van der Waals surface area (Å²) < 4.78 is 0. The smallest absolute Gasteiger partial charge is 0.104 e. The van der Waals surface area contributed by atoms with E-state index in [0.29, 0.717) is 0 Å². The second kappa shape index (κ2) is 5.60. The molecule has 3 aromatic rings. The largest absolute Gasteiger partial charge is 0.378 e. The van der Waals surface area contributed by atoms with Crippen LogP contribution in [-0.2, 0) is 6.42 Å². The number of hydrogen-bond donors (Lipinski definition) is 2. The molecule has 1 heterocycles. The van der Waals surface area contributed by atoms with E-state index >= 15 is 0 Å². The molecule has 0 saturated carbocycles. The molecule has 0 spiro atoms. The molecule has 0 radical (unpaired) electrons. The van der Waals surface area contributed by atoms with Gasteiger partial charge in [-0.05, 0) is 49.6 Å². The van der Waals surface area contributed by atoms with Gasteiger partial charge in [-0.1, -0.05) is 31.2 Å². The van der Waals surface area contributed by atoms with Gasteiger partial charge in [0.2, 0.25) is 0 Å². The summed E-state index contributed by atoms with van der Waals surface area (Å²) in [6.45, 7) is 6.34. The first-order valence-corrected chi connectivity index (χ1v) is 7.47. The van der Waals surface area contributed by atoms with Gasteiger partial charge in [0, 0.05) is 11.7 Å². The fraction of sp³-hybridized carbons (Fsp3) is 0.278. The molecule has 108 valence electrons. The number of aromatic nitrogens is 2. The van der Waals surface area contributed by atoms with Crippen LogP contribution >= 0.6 is 0 Å². The molecule has 0 aliphatic carbocycles. The molecule has 21 heavy (non-hydrogen) atoms. The number of aromatic amines is 1. The van der Waals surface area contributed by atoms with E-state index in [2.05, 4.69) is 65.5 Å². The van der Waals surface area contributed by atoms with Gasteiger partial charge >= 0.3 is 0 Å². The van der Waals surface area contributed by atoms with Crippen LogP contribution in [0.25, 0.3) is 11.0 Å². The number of imidazole rings is 1. The summed E-state index contributed by atoms with van der Waals surface area (Å²) in [7, 11) is 0. The molecule has 1 aromatic heterocycles. The average Bonchev–Trinajstić information content (AvgIpc) is 2.86. The second-order valence-electron chi connectivity index (χ2n) is 5.52. The van der Waals surface area contributed by atoms with Crippen LogP contribution in [0.2, 0.25) is 0 Å². The Kier molecular flexibility index (Phi) is 3.65. The average molecular weight is 279 g/mol. The Morgan fingerprint density at radius 1 is 1.14 bits per heavy atom. The number of anilines is 1. The Hall–Kier alpha value is -2.29. The van der Waals surface area contributed by atoms with Crippen molar-refractivity contribution in [1.82, 2.24) is 9.97 Å². The van der Waals surface area contributed by atoms with Crippen LogP contribution in [0, 0.1) is 6.92 Å². The monoisotopic (exact) mass is 279 g/mol. The van der Waals surface area contributed by atoms with Gasteiger partial charge in [-0.3, -0.25) is 0 Å². The molecular formula is C18H21N3. The van der Waals surface area contributed by atoms with Crippen molar-refractivity contribution in [3.05, 3.63) is 59.4 Å². The lowest BCUT2D eigenvalue weighted by molar-refractivity contribution is 0.883. The van der Waals surface area contributed by atoms with E-state index in [9.17, 15) is 0 Å². The summed E-state index contributed by atoms with van der Waals surface area (Å²) in [6, 6.07) is 15.3. The van der Waals surface area contributed by atoms with Crippen molar-refractivity contribution >= 4 is 16.7 Å². The maximum absolute atomic E-state index is 4.43. The van der Waals surface area contributed by atoms with Crippen molar-refractivity contribution in [2.24, 2.45) is 0 Å². The molecule has 0 saturated heterocycles. The molecule has 2 N–H and O–H groups in total. The number of benzene rings is 2. The zero-order chi connectivity index (χ0) is 14.8. The van der Waals surface area contributed by atoms with Gasteiger partial charge in [-0.2, -0.15) is 0 Å². The van der Waals surface area contributed by atoms with E-state index in [1.807, 2.05) is 13.0 Å². The highest BCUT2D eigenvalue weighted by Crippen LogP contribution is 2.22. The topological polar surface area (TPSA) is 40.7 Å². The second-order valence-corrected chi connectivity index (χ2v) is 5.52. The summed E-state index contributed by atoms with van der Waals surface area (Å²) in [5.41, 5.74) is 5.87. The first-order valence-electron chi connectivity index (χ1n) is 7.47. The van der Waals surface area contributed by atoms with E-state index in [1.54, 1.807) is 0 Å². The van der Waals surface area contributed by atoms with Crippen molar-refractivity contribution in [3.63, 3.8) is 0 Å². The van der Waals surface area contributed by atoms with Crippen LogP contribution in [0.4, 0.5) is 5.69 Å². The molecule has 2 aromatic carbocycles. The molecule has 0 fully saturated rings. The Morgan fingerprint density at radius 2 is 1.90 bits per heavy atom. The molecule has 3 nitrogen and oxygen atoms in total. The van der Waals surface area contributed by atoms with Gasteiger partial charge in [0.15, 0.2) is 0 Å². The lowest BCUT2D eigenvalue weighted by atomic mass is 10.0. The Labute approximate surface area is 125 Å². The number of H-pyrrole nitrogens is 1. The maximum Gasteiger partial charge on any atom is 0.104 e. The number of fused-ring (bicyclic) bond motifs is 1. The van der Waals surface area contributed by atoms with Crippen molar-refractivity contribution in [3.8, 4) is 0 Å². The first-order chi connectivity index (χ1) is 10.2. The third-order valence-electron chi connectivity index (χ3n) is 3.87. The minimum absolute atomic E-state index is 0.275. The van der Waals surface area contributed by atoms with Gasteiger partial charge < -0.3 is 10.3 Å².